The molecule has 0 aliphatic rings. The lowest BCUT2D eigenvalue weighted by Crippen LogP contribution is -2.06. The normalized spacial score (nSPS) is 10.2. The van der Waals surface area contributed by atoms with Crippen molar-refractivity contribution in [1.82, 2.24) is 0 Å². The van der Waals surface area contributed by atoms with Crippen LogP contribution in [-0.4, -0.2) is 5.97 Å². The summed E-state index contributed by atoms with van der Waals surface area (Å²) in [6.07, 6.45) is 0. The number of hydrogen-bond donors (Lipinski definition) is 1. The first-order valence-corrected chi connectivity index (χ1v) is 6.70. The van der Waals surface area contributed by atoms with E-state index in [-0.39, 0.29) is 6.61 Å². The molecule has 19 heavy (non-hydrogen) atoms. The number of rotatable bonds is 3. The lowest BCUT2D eigenvalue weighted by Gasteiger charge is -2.07. The average Bonchev–Trinajstić information content (AvgIpc) is 2.37. The lowest BCUT2D eigenvalue weighted by molar-refractivity contribution is 0.0473. The van der Waals surface area contributed by atoms with Gasteiger partial charge in [-0.25, -0.2) is 4.79 Å². The first kappa shape index (κ1) is 13.9. The molecule has 0 saturated carbocycles. The SMILES string of the molecule is Nc1cccc(C(=O)OCc2ccc(Br)cc2Cl)c1. The van der Waals surface area contributed by atoms with E-state index in [9.17, 15) is 4.79 Å². The quantitative estimate of drug-likeness (QED) is 0.677. The Labute approximate surface area is 124 Å². The average molecular weight is 341 g/mol. The smallest absolute Gasteiger partial charge is 0.338 e. The van der Waals surface area contributed by atoms with Crippen LogP contribution < -0.4 is 5.73 Å². The molecule has 0 aromatic heterocycles. The van der Waals surface area contributed by atoms with Crippen LogP contribution in [0.25, 0.3) is 0 Å². The van der Waals surface area contributed by atoms with Crippen LogP contribution in [-0.2, 0) is 11.3 Å². The zero-order valence-corrected chi connectivity index (χ0v) is 12.2. The lowest BCUT2D eigenvalue weighted by atomic mass is 10.2. The Morgan fingerprint density at radius 3 is 2.74 bits per heavy atom. The zero-order valence-electron chi connectivity index (χ0n) is 9.90. The number of nitrogens with two attached hydrogens (primary N) is 1. The molecule has 2 N–H and O–H groups in total. The van der Waals surface area contributed by atoms with Crippen LogP contribution in [0.4, 0.5) is 5.69 Å². The van der Waals surface area contributed by atoms with E-state index in [4.69, 9.17) is 22.1 Å². The van der Waals surface area contributed by atoms with Crippen molar-refractivity contribution in [3.8, 4) is 0 Å². The summed E-state index contributed by atoms with van der Waals surface area (Å²) in [5.74, 6) is -0.425. The first-order valence-electron chi connectivity index (χ1n) is 5.53. The fourth-order valence-corrected chi connectivity index (χ4v) is 2.26. The second kappa shape index (κ2) is 6.08. The van der Waals surface area contributed by atoms with Crippen LogP contribution in [0.2, 0.25) is 5.02 Å². The van der Waals surface area contributed by atoms with Crippen molar-refractivity contribution >= 4 is 39.2 Å². The van der Waals surface area contributed by atoms with Crippen LogP contribution in [0.5, 0.6) is 0 Å². The Morgan fingerprint density at radius 1 is 1.26 bits per heavy atom. The number of hydrogen-bond acceptors (Lipinski definition) is 3. The van der Waals surface area contributed by atoms with Gasteiger partial charge in [-0.1, -0.05) is 39.7 Å². The molecular formula is C14H11BrClNO2. The number of nitrogen functional groups attached to an aromatic ring is 1. The summed E-state index contributed by atoms with van der Waals surface area (Å²) in [6.45, 7) is 0.125. The number of benzene rings is 2. The maximum Gasteiger partial charge on any atom is 0.338 e. The molecule has 0 heterocycles. The summed E-state index contributed by atoms with van der Waals surface area (Å²) in [6, 6.07) is 12.0. The van der Waals surface area contributed by atoms with E-state index in [2.05, 4.69) is 15.9 Å². The topological polar surface area (TPSA) is 52.3 Å². The molecule has 2 rings (SSSR count). The van der Waals surface area contributed by atoms with Crippen LogP contribution >= 0.6 is 27.5 Å². The Kier molecular flexibility index (Phi) is 4.45. The van der Waals surface area contributed by atoms with Gasteiger partial charge in [-0.2, -0.15) is 0 Å². The maximum absolute atomic E-state index is 11.8. The van der Waals surface area contributed by atoms with Crippen molar-refractivity contribution in [2.45, 2.75) is 6.61 Å². The van der Waals surface area contributed by atoms with Crippen molar-refractivity contribution in [2.75, 3.05) is 5.73 Å². The molecular weight excluding hydrogens is 330 g/mol. The van der Waals surface area contributed by atoms with Gasteiger partial charge in [0.15, 0.2) is 0 Å². The van der Waals surface area contributed by atoms with E-state index < -0.39 is 5.97 Å². The first-order chi connectivity index (χ1) is 9.06. The molecule has 0 aliphatic carbocycles. The highest BCUT2D eigenvalue weighted by atomic mass is 79.9. The third kappa shape index (κ3) is 3.72. The Balaban J connectivity index is 2.04. The van der Waals surface area contributed by atoms with Crippen molar-refractivity contribution in [2.24, 2.45) is 0 Å². The fraction of sp³-hybridized carbons (Fsp3) is 0.0714. The highest BCUT2D eigenvalue weighted by molar-refractivity contribution is 9.10. The highest BCUT2D eigenvalue weighted by Crippen LogP contribution is 2.22. The maximum atomic E-state index is 11.8. The largest absolute Gasteiger partial charge is 0.457 e. The number of carbonyl (C=O) groups is 1. The van der Waals surface area contributed by atoms with Gasteiger partial charge in [0, 0.05) is 20.7 Å². The molecule has 2 aromatic carbocycles. The minimum atomic E-state index is -0.425. The van der Waals surface area contributed by atoms with E-state index in [1.165, 1.54) is 0 Å². The minimum Gasteiger partial charge on any atom is -0.457 e. The third-order valence-corrected chi connectivity index (χ3v) is 3.34. The summed E-state index contributed by atoms with van der Waals surface area (Å²) in [4.78, 5) is 11.8. The van der Waals surface area contributed by atoms with E-state index in [0.29, 0.717) is 16.3 Å². The van der Waals surface area contributed by atoms with Gasteiger partial charge in [0.1, 0.15) is 6.61 Å². The van der Waals surface area contributed by atoms with Crippen LogP contribution in [0.1, 0.15) is 15.9 Å². The standard InChI is InChI=1S/C14H11BrClNO2/c15-11-5-4-10(13(16)7-11)8-19-14(18)9-2-1-3-12(17)6-9/h1-7H,8,17H2. The minimum absolute atomic E-state index is 0.125. The molecule has 0 radical (unpaired) electrons. The third-order valence-electron chi connectivity index (χ3n) is 2.50. The number of ether oxygens (including phenoxy) is 1. The molecule has 0 amide bonds. The molecule has 2 aromatic rings. The fourth-order valence-electron chi connectivity index (χ4n) is 1.53. The molecule has 0 saturated heterocycles. The second-order valence-electron chi connectivity index (χ2n) is 3.94. The van der Waals surface area contributed by atoms with Crippen molar-refractivity contribution in [3.63, 3.8) is 0 Å². The van der Waals surface area contributed by atoms with E-state index in [0.717, 1.165) is 10.0 Å². The van der Waals surface area contributed by atoms with Gasteiger partial charge >= 0.3 is 5.97 Å². The van der Waals surface area contributed by atoms with Gasteiger partial charge in [0.25, 0.3) is 0 Å². The Morgan fingerprint density at radius 2 is 2.05 bits per heavy atom. The van der Waals surface area contributed by atoms with Gasteiger partial charge in [0.05, 0.1) is 5.56 Å². The predicted octanol–water partition coefficient (Wildman–Crippen LogP) is 4.04. The second-order valence-corrected chi connectivity index (χ2v) is 5.26. The van der Waals surface area contributed by atoms with Gasteiger partial charge in [-0.3, -0.25) is 0 Å². The predicted molar refractivity (Wildman–Crippen MR) is 79.1 cm³/mol. The monoisotopic (exact) mass is 339 g/mol. The van der Waals surface area contributed by atoms with Gasteiger partial charge < -0.3 is 10.5 Å². The van der Waals surface area contributed by atoms with Crippen molar-refractivity contribution < 1.29 is 9.53 Å². The summed E-state index contributed by atoms with van der Waals surface area (Å²) >= 11 is 9.36. The molecule has 0 fully saturated rings. The Bertz CT molecular complexity index is 616. The molecule has 0 aliphatic heterocycles. The summed E-state index contributed by atoms with van der Waals surface area (Å²) in [5, 5.41) is 0.551. The van der Waals surface area contributed by atoms with E-state index in [1.54, 1.807) is 36.4 Å². The van der Waals surface area contributed by atoms with Crippen molar-refractivity contribution in [1.29, 1.82) is 0 Å². The van der Waals surface area contributed by atoms with E-state index in [1.807, 2.05) is 6.07 Å². The summed E-state index contributed by atoms with van der Waals surface area (Å²) < 4.78 is 6.07. The molecule has 0 atom stereocenters. The molecule has 0 spiro atoms. The molecule has 5 heteroatoms. The molecule has 98 valence electrons. The number of carbonyl (C=O) groups excluding carboxylic acids is 1. The van der Waals surface area contributed by atoms with Crippen LogP contribution in [0.3, 0.4) is 0 Å². The van der Waals surface area contributed by atoms with Crippen LogP contribution in [0.15, 0.2) is 46.9 Å². The highest BCUT2D eigenvalue weighted by Gasteiger charge is 2.09. The number of anilines is 1. The summed E-state index contributed by atoms with van der Waals surface area (Å²) in [5.41, 5.74) is 7.31. The van der Waals surface area contributed by atoms with Gasteiger partial charge in [-0.15, -0.1) is 0 Å². The van der Waals surface area contributed by atoms with Crippen molar-refractivity contribution in [3.05, 3.63) is 63.1 Å². The Hall–Kier alpha value is -1.52. The number of halogens is 2. The van der Waals surface area contributed by atoms with E-state index >= 15 is 0 Å². The zero-order chi connectivity index (χ0) is 13.8. The molecule has 0 bridgehead atoms. The summed E-state index contributed by atoms with van der Waals surface area (Å²) in [7, 11) is 0. The molecule has 3 nitrogen and oxygen atoms in total. The number of esters is 1. The molecule has 0 unspecified atom stereocenters. The van der Waals surface area contributed by atoms with Crippen LogP contribution in [0, 0.1) is 0 Å². The van der Waals surface area contributed by atoms with Gasteiger partial charge in [-0.05, 0) is 30.3 Å². The van der Waals surface area contributed by atoms with Gasteiger partial charge in [0.2, 0.25) is 0 Å².